The van der Waals surface area contributed by atoms with Crippen LogP contribution in [0.15, 0.2) is 35.9 Å². The predicted molar refractivity (Wildman–Crippen MR) is 105 cm³/mol. The number of benzene rings is 1. The van der Waals surface area contributed by atoms with Crippen LogP contribution in [0, 0.1) is 11.8 Å². The number of carbonyl (C=O) groups excluding carboxylic acids is 2. The fraction of sp³-hybridized carbons (Fsp3) is 0.524. The Morgan fingerprint density at radius 1 is 1.08 bits per heavy atom. The summed E-state index contributed by atoms with van der Waals surface area (Å²) in [6.45, 7) is 0.682. The molecule has 5 heteroatoms. The van der Waals surface area contributed by atoms with E-state index in [-0.39, 0.29) is 23.7 Å². The second-order valence-corrected chi connectivity index (χ2v) is 7.53. The van der Waals surface area contributed by atoms with Crippen LogP contribution in [-0.4, -0.2) is 32.5 Å². The summed E-state index contributed by atoms with van der Waals surface area (Å²) in [6, 6.07) is 7.71. The molecule has 2 unspecified atom stereocenters. The Bertz CT molecular complexity index is 679. The molecule has 0 aromatic heterocycles. The molecule has 2 aliphatic rings. The van der Waals surface area contributed by atoms with Crippen molar-refractivity contribution in [2.24, 2.45) is 11.8 Å². The summed E-state index contributed by atoms with van der Waals surface area (Å²) in [7, 11) is 3.96. The average Bonchev–Trinajstić information content (AvgIpc) is 3.44. The molecule has 0 bridgehead atoms. The topological polar surface area (TPSA) is 61.4 Å². The van der Waals surface area contributed by atoms with Crippen molar-refractivity contribution in [3.63, 3.8) is 0 Å². The predicted octanol–water partition coefficient (Wildman–Crippen LogP) is 3.33. The quantitative estimate of drug-likeness (QED) is 0.738. The Morgan fingerprint density at radius 3 is 2.46 bits per heavy atom. The molecular formula is C21H29N3O2. The van der Waals surface area contributed by atoms with Gasteiger partial charge in [0.05, 0.1) is 11.8 Å². The van der Waals surface area contributed by atoms with E-state index in [9.17, 15) is 9.59 Å². The van der Waals surface area contributed by atoms with Crippen LogP contribution in [0.1, 0.15) is 38.5 Å². The second kappa shape index (κ2) is 8.39. The van der Waals surface area contributed by atoms with Gasteiger partial charge < -0.3 is 15.5 Å². The number of nitrogens with zero attached hydrogens (tertiary/aromatic N) is 1. The van der Waals surface area contributed by atoms with Crippen LogP contribution in [0.25, 0.3) is 0 Å². The van der Waals surface area contributed by atoms with E-state index in [1.165, 1.54) is 24.8 Å². The van der Waals surface area contributed by atoms with Crippen molar-refractivity contribution < 1.29 is 9.59 Å². The smallest absolute Gasteiger partial charge is 0.228 e. The highest BCUT2D eigenvalue weighted by Crippen LogP contribution is 2.39. The number of rotatable bonds is 7. The normalized spacial score (nSPS) is 21.5. The van der Waals surface area contributed by atoms with Crippen molar-refractivity contribution in [3.05, 3.63) is 35.9 Å². The van der Waals surface area contributed by atoms with Gasteiger partial charge in [-0.3, -0.25) is 9.59 Å². The van der Waals surface area contributed by atoms with Gasteiger partial charge in [0.15, 0.2) is 0 Å². The number of carbonyl (C=O) groups is 2. The van der Waals surface area contributed by atoms with Gasteiger partial charge in [-0.15, -0.1) is 0 Å². The summed E-state index contributed by atoms with van der Waals surface area (Å²) in [4.78, 5) is 26.5. The van der Waals surface area contributed by atoms with E-state index >= 15 is 0 Å². The van der Waals surface area contributed by atoms with Gasteiger partial charge in [0.2, 0.25) is 11.8 Å². The molecule has 1 aromatic rings. The molecule has 3 rings (SSSR count). The summed E-state index contributed by atoms with van der Waals surface area (Å²) in [5, 5.41) is 5.91. The maximum absolute atomic E-state index is 12.3. The molecule has 1 saturated carbocycles. The summed E-state index contributed by atoms with van der Waals surface area (Å²) in [5.41, 5.74) is 3.32. The van der Waals surface area contributed by atoms with Crippen molar-refractivity contribution in [1.82, 2.24) is 5.32 Å². The SMILES string of the molecule is CN(C)c1ccc(NC(=O)C2CC2C(=O)NCCC2=CCCCC2)cc1. The molecule has 2 aliphatic carbocycles. The molecule has 5 nitrogen and oxygen atoms in total. The van der Waals surface area contributed by atoms with Crippen molar-refractivity contribution in [2.75, 3.05) is 30.9 Å². The summed E-state index contributed by atoms with van der Waals surface area (Å²) < 4.78 is 0. The van der Waals surface area contributed by atoms with Gasteiger partial charge in [0, 0.05) is 32.0 Å². The monoisotopic (exact) mass is 355 g/mol. The summed E-state index contributed by atoms with van der Waals surface area (Å²) in [5.74, 6) is -0.406. The molecule has 0 radical (unpaired) electrons. The minimum Gasteiger partial charge on any atom is -0.378 e. The Kier molecular flexibility index (Phi) is 5.96. The van der Waals surface area contributed by atoms with Gasteiger partial charge in [0.25, 0.3) is 0 Å². The molecule has 1 aromatic carbocycles. The molecule has 0 spiro atoms. The molecule has 0 heterocycles. The fourth-order valence-electron chi connectivity index (χ4n) is 3.46. The first-order valence-corrected chi connectivity index (χ1v) is 9.58. The molecule has 2 N–H and O–H groups in total. The Hall–Kier alpha value is -2.30. The van der Waals surface area contributed by atoms with Gasteiger partial charge in [-0.05, 0) is 62.8 Å². The number of hydrogen-bond acceptors (Lipinski definition) is 3. The molecule has 26 heavy (non-hydrogen) atoms. The van der Waals surface area contributed by atoms with Crippen LogP contribution in [0.2, 0.25) is 0 Å². The number of anilines is 2. The molecule has 0 aliphatic heterocycles. The standard InChI is InChI=1S/C21H29N3O2/c1-24(2)17-10-8-16(9-11-17)23-21(26)19-14-18(19)20(25)22-13-12-15-6-4-3-5-7-15/h6,8-11,18-19H,3-5,7,12-14H2,1-2H3,(H,22,25)(H,23,26). The lowest BCUT2D eigenvalue weighted by atomic mass is 9.97. The first-order chi connectivity index (χ1) is 12.5. The zero-order chi connectivity index (χ0) is 18.5. The highest BCUT2D eigenvalue weighted by Gasteiger charge is 2.47. The van der Waals surface area contributed by atoms with Crippen LogP contribution in [0.3, 0.4) is 0 Å². The third-order valence-corrected chi connectivity index (χ3v) is 5.25. The van der Waals surface area contributed by atoms with Gasteiger partial charge >= 0.3 is 0 Å². The van der Waals surface area contributed by atoms with Gasteiger partial charge in [-0.25, -0.2) is 0 Å². The molecule has 0 saturated heterocycles. The minimum atomic E-state index is -0.197. The Balaban J connectivity index is 1.40. The molecule has 2 atom stereocenters. The molecular weight excluding hydrogens is 326 g/mol. The first kappa shape index (κ1) is 18.5. The van der Waals surface area contributed by atoms with Gasteiger partial charge in [-0.2, -0.15) is 0 Å². The van der Waals surface area contributed by atoms with E-state index in [0.717, 1.165) is 24.2 Å². The number of nitrogens with one attached hydrogen (secondary N) is 2. The highest BCUT2D eigenvalue weighted by molar-refractivity contribution is 5.99. The average molecular weight is 355 g/mol. The highest BCUT2D eigenvalue weighted by atomic mass is 16.2. The van der Waals surface area contributed by atoms with Crippen molar-refractivity contribution in [1.29, 1.82) is 0 Å². The van der Waals surface area contributed by atoms with Gasteiger partial charge in [-0.1, -0.05) is 11.6 Å². The van der Waals surface area contributed by atoms with Crippen molar-refractivity contribution in [2.45, 2.75) is 38.5 Å². The van der Waals surface area contributed by atoms with E-state index in [4.69, 9.17) is 0 Å². The van der Waals surface area contributed by atoms with Crippen molar-refractivity contribution in [3.8, 4) is 0 Å². The fourth-order valence-corrected chi connectivity index (χ4v) is 3.46. The number of hydrogen-bond donors (Lipinski definition) is 2. The molecule has 140 valence electrons. The second-order valence-electron chi connectivity index (χ2n) is 7.53. The molecule has 2 amide bonds. The summed E-state index contributed by atoms with van der Waals surface area (Å²) >= 11 is 0. The van der Waals surface area contributed by atoms with E-state index in [1.54, 1.807) is 0 Å². The van der Waals surface area contributed by atoms with E-state index in [1.807, 2.05) is 43.3 Å². The van der Waals surface area contributed by atoms with Crippen molar-refractivity contribution >= 4 is 23.2 Å². The Labute approximate surface area is 155 Å². The lowest BCUT2D eigenvalue weighted by Gasteiger charge is -2.13. The third kappa shape index (κ3) is 4.87. The van der Waals surface area contributed by atoms with Gasteiger partial charge in [0.1, 0.15) is 0 Å². The molecule has 1 fully saturated rings. The third-order valence-electron chi connectivity index (χ3n) is 5.25. The largest absolute Gasteiger partial charge is 0.378 e. The lowest BCUT2D eigenvalue weighted by Crippen LogP contribution is -2.28. The van der Waals surface area contributed by atoms with E-state index < -0.39 is 0 Å². The first-order valence-electron chi connectivity index (χ1n) is 9.58. The zero-order valence-corrected chi connectivity index (χ0v) is 15.8. The number of amides is 2. The van der Waals surface area contributed by atoms with Crippen LogP contribution < -0.4 is 15.5 Å². The minimum absolute atomic E-state index is 0.0181. The van der Waals surface area contributed by atoms with Crippen LogP contribution in [-0.2, 0) is 9.59 Å². The van der Waals surface area contributed by atoms with Crippen LogP contribution >= 0.6 is 0 Å². The lowest BCUT2D eigenvalue weighted by molar-refractivity contribution is -0.125. The summed E-state index contributed by atoms with van der Waals surface area (Å²) in [6.07, 6.45) is 8.78. The van der Waals surface area contributed by atoms with Crippen LogP contribution in [0.5, 0.6) is 0 Å². The maximum Gasteiger partial charge on any atom is 0.228 e. The Morgan fingerprint density at radius 2 is 1.81 bits per heavy atom. The maximum atomic E-state index is 12.3. The van der Waals surface area contributed by atoms with E-state index in [2.05, 4.69) is 16.7 Å². The number of allylic oxidation sites excluding steroid dienone is 1. The zero-order valence-electron chi connectivity index (χ0n) is 15.8. The van der Waals surface area contributed by atoms with E-state index in [0.29, 0.717) is 13.0 Å². The van der Waals surface area contributed by atoms with Crippen LogP contribution in [0.4, 0.5) is 11.4 Å².